The van der Waals surface area contributed by atoms with Crippen LogP contribution in [0.25, 0.3) is 10.9 Å². The van der Waals surface area contributed by atoms with Gasteiger partial charge in [-0.1, -0.05) is 22.0 Å². The van der Waals surface area contributed by atoms with Crippen molar-refractivity contribution in [2.45, 2.75) is 57.7 Å². The Labute approximate surface area is 220 Å². The second-order valence-corrected chi connectivity index (χ2v) is 11.3. The zero-order chi connectivity index (χ0) is 26.3. The quantitative estimate of drug-likeness (QED) is 0.348. The number of carbonyl (C=O) groups excluding carboxylic acids is 1. The SMILES string of the molecule is COc1cc2ncc(C(=O)NC3CC(C)(C)N(O)C(C)(C)C3)c(Nc3cccc(Br)c3)c2cc1OC. The average Bonchev–Trinajstić information content (AvgIpc) is 2.81. The van der Waals surface area contributed by atoms with E-state index in [0.29, 0.717) is 41.1 Å². The van der Waals surface area contributed by atoms with E-state index in [-0.39, 0.29) is 11.9 Å². The number of hydrogen-bond donors (Lipinski definition) is 3. The lowest BCUT2D eigenvalue weighted by Gasteiger charge is -2.51. The maximum Gasteiger partial charge on any atom is 0.255 e. The molecule has 0 saturated carbocycles. The number of anilines is 2. The number of nitrogens with zero attached hydrogens (tertiary/aromatic N) is 2. The Kier molecular flexibility index (Phi) is 7.19. The number of halogens is 1. The van der Waals surface area contributed by atoms with Gasteiger partial charge in [0, 0.05) is 44.9 Å². The van der Waals surface area contributed by atoms with Crippen molar-refractivity contribution in [1.29, 1.82) is 0 Å². The minimum Gasteiger partial charge on any atom is -0.493 e. The van der Waals surface area contributed by atoms with Crippen molar-refractivity contribution in [3.8, 4) is 11.5 Å². The molecule has 1 aliphatic rings. The first kappa shape index (κ1) is 26.2. The van der Waals surface area contributed by atoms with E-state index in [1.54, 1.807) is 26.5 Å². The first-order valence-electron chi connectivity index (χ1n) is 11.8. The fourth-order valence-electron chi connectivity index (χ4n) is 5.17. The van der Waals surface area contributed by atoms with E-state index in [0.717, 1.165) is 15.5 Å². The summed E-state index contributed by atoms with van der Waals surface area (Å²) in [5.41, 5.74) is 1.55. The molecule has 0 aliphatic carbocycles. The van der Waals surface area contributed by atoms with E-state index < -0.39 is 11.1 Å². The molecule has 0 spiro atoms. The summed E-state index contributed by atoms with van der Waals surface area (Å²) in [6.07, 6.45) is 2.81. The van der Waals surface area contributed by atoms with Gasteiger partial charge in [-0.05, 0) is 64.8 Å². The monoisotopic (exact) mass is 556 g/mol. The van der Waals surface area contributed by atoms with Gasteiger partial charge >= 0.3 is 0 Å². The van der Waals surface area contributed by atoms with Gasteiger partial charge in [0.1, 0.15) is 0 Å². The standard InChI is InChI=1S/C27H33BrN4O4/c1-26(2)13-18(14-27(3,4)32(26)34)31-25(33)20-15-29-21-12-23(36-6)22(35-5)11-19(21)24(20)30-17-9-7-8-16(28)10-17/h7-12,15,18,34H,13-14H2,1-6H3,(H,29,30)(H,31,33). The number of pyridine rings is 1. The van der Waals surface area contributed by atoms with Crippen LogP contribution in [-0.2, 0) is 0 Å². The number of amides is 1. The molecular formula is C27H33BrN4O4. The van der Waals surface area contributed by atoms with Crippen LogP contribution >= 0.6 is 15.9 Å². The summed E-state index contributed by atoms with van der Waals surface area (Å²) in [6.45, 7) is 7.91. The zero-order valence-corrected chi connectivity index (χ0v) is 23.1. The number of aromatic nitrogens is 1. The zero-order valence-electron chi connectivity index (χ0n) is 21.5. The number of carbonyl (C=O) groups is 1. The topological polar surface area (TPSA) is 96.0 Å². The summed E-state index contributed by atoms with van der Waals surface area (Å²) in [6, 6.07) is 11.2. The fourth-order valence-corrected chi connectivity index (χ4v) is 5.57. The lowest BCUT2D eigenvalue weighted by molar-refractivity contribution is -0.245. The minimum absolute atomic E-state index is 0.120. The fraction of sp³-hybridized carbons (Fsp3) is 0.407. The third kappa shape index (κ3) is 5.14. The van der Waals surface area contributed by atoms with Crippen LogP contribution in [0.1, 0.15) is 50.9 Å². The number of piperidine rings is 1. The van der Waals surface area contributed by atoms with Crippen molar-refractivity contribution in [3.05, 3.63) is 52.6 Å². The van der Waals surface area contributed by atoms with Crippen molar-refractivity contribution in [1.82, 2.24) is 15.4 Å². The van der Waals surface area contributed by atoms with Gasteiger partial charge in [-0.2, -0.15) is 5.06 Å². The van der Waals surface area contributed by atoms with Gasteiger partial charge in [0.25, 0.3) is 5.91 Å². The van der Waals surface area contributed by atoms with E-state index in [1.165, 1.54) is 5.06 Å². The largest absolute Gasteiger partial charge is 0.493 e. The lowest BCUT2D eigenvalue weighted by Crippen LogP contribution is -2.62. The number of ether oxygens (including phenoxy) is 2. The van der Waals surface area contributed by atoms with E-state index in [4.69, 9.17) is 9.47 Å². The Bertz CT molecular complexity index is 1280. The molecule has 0 unspecified atom stereocenters. The third-order valence-electron chi connectivity index (χ3n) is 6.69. The van der Waals surface area contributed by atoms with Crippen molar-refractivity contribution in [2.24, 2.45) is 0 Å². The van der Waals surface area contributed by atoms with Crippen molar-refractivity contribution < 1.29 is 19.5 Å². The molecule has 1 aliphatic heterocycles. The first-order valence-corrected chi connectivity index (χ1v) is 12.6. The molecule has 0 atom stereocenters. The Morgan fingerprint density at radius 2 is 1.72 bits per heavy atom. The summed E-state index contributed by atoms with van der Waals surface area (Å²) in [7, 11) is 3.15. The van der Waals surface area contributed by atoms with Crippen LogP contribution in [0.5, 0.6) is 11.5 Å². The highest BCUT2D eigenvalue weighted by atomic mass is 79.9. The molecule has 1 aromatic heterocycles. The molecule has 0 radical (unpaired) electrons. The van der Waals surface area contributed by atoms with Gasteiger partial charge in [-0.15, -0.1) is 0 Å². The molecule has 9 heteroatoms. The van der Waals surface area contributed by atoms with E-state index in [1.807, 2.05) is 58.0 Å². The van der Waals surface area contributed by atoms with Crippen LogP contribution in [0.2, 0.25) is 0 Å². The summed E-state index contributed by atoms with van der Waals surface area (Å²) in [5.74, 6) is 0.864. The molecule has 4 rings (SSSR count). The second-order valence-electron chi connectivity index (χ2n) is 10.4. The number of fused-ring (bicyclic) bond motifs is 1. The van der Waals surface area contributed by atoms with Crippen LogP contribution in [-0.4, -0.2) is 52.5 Å². The normalized spacial score (nSPS) is 17.6. The summed E-state index contributed by atoms with van der Waals surface area (Å²) < 4.78 is 11.9. The van der Waals surface area contributed by atoms with E-state index >= 15 is 0 Å². The number of rotatable bonds is 6. The average molecular weight is 557 g/mol. The Hall–Kier alpha value is -2.88. The number of nitrogens with one attached hydrogen (secondary N) is 2. The predicted octanol–water partition coefficient (Wildman–Crippen LogP) is 5.90. The first-order chi connectivity index (χ1) is 16.9. The molecule has 0 bridgehead atoms. The van der Waals surface area contributed by atoms with Crippen LogP contribution in [0, 0.1) is 0 Å². The van der Waals surface area contributed by atoms with Gasteiger partial charge in [0.15, 0.2) is 11.5 Å². The molecule has 8 nitrogen and oxygen atoms in total. The molecule has 3 N–H and O–H groups in total. The van der Waals surface area contributed by atoms with Gasteiger partial charge < -0.3 is 25.3 Å². The maximum absolute atomic E-state index is 13.7. The Balaban J connectivity index is 1.77. The molecule has 1 fully saturated rings. The molecular weight excluding hydrogens is 524 g/mol. The van der Waals surface area contributed by atoms with Crippen molar-refractivity contribution in [3.63, 3.8) is 0 Å². The van der Waals surface area contributed by atoms with E-state index in [9.17, 15) is 10.0 Å². The van der Waals surface area contributed by atoms with Crippen LogP contribution in [0.4, 0.5) is 11.4 Å². The summed E-state index contributed by atoms with van der Waals surface area (Å²) in [4.78, 5) is 18.3. The van der Waals surface area contributed by atoms with Crippen LogP contribution in [0.3, 0.4) is 0 Å². The predicted molar refractivity (Wildman–Crippen MR) is 145 cm³/mol. The smallest absolute Gasteiger partial charge is 0.255 e. The maximum atomic E-state index is 13.7. The van der Waals surface area contributed by atoms with Gasteiger partial charge in [-0.25, -0.2) is 0 Å². The number of methoxy groups -OCH3 is 2. The van der Waals surface area contributed by atoms with Gasteiger partial charge in [0.05, 0.1) is 31.0 Å². The molecule has 2 aromatic carbocycles. The molecule has 2 heterocycles. The van der Waals surface area contributed by atoms with Gasteiger partial charge in [-0.3, -0.25) is 9.78 Å². The Morgan fingerprint density at radius 3 is 2.33 bits per heavy atom. The van der Waals surface area contributed by atoms with Crippen molar-refractivity contribution in [2.75, 3.05) is 19.5 Å². The highest BCUT2D eigenvalue weighted by Gasteiger charge is 2.45. The van der Waals surface area contributed by atoms with E-state index in [2.05, 4.69) is 31.5 Å². The summed E-state index contributed by atoms with van der Waals surface area (Å²) in [5, 5.41) is 19.4. The van der Waals surface area contributed by atoms with Crippen LogP contribution < -0.4 is 20.1 Å². The Morgan fingerprint density at radius 1 is 1.08 bits per heavy atom. The lowest BCUT2D eigenvalue weighted by atomic mass is 9.79. The number of hydrogen-bond acceptors (Lipinski definition) is 7. The molecule has 1 saturated heterocycles. The van der Waals surface area contributed by atoms with Gasteiger partial charge in [0.2, 0.25) is 0 Å². The number of benzene rings is 2. The summed E-state index contributed by atoms with van der Waals surface area (Å²) >= 11 is 3.51. The molecule has 192 valence electrons. The highest BCUT2D eigenvalue weighted by molar-refractivity contribution is 9.10. The molecule has 36 heavy (non-hydrogen) atoms. The van der Waals surface area contributed by atoms with Crippen molar-refractivity contribution >= 4 is 44.1 Å². The third-order valence-corrected chi connectivity index (χ3v) is 7.18. The van der Waals surface area contributed by atoms with Crippen LogP contribution in [0.15, 0.2) is 47.1 Å². The highest BCUT2D eigenvalue weighted by Crippen LogP contribution is 2.39. The molecule has 1 amide bonds. The molecule has 3 aromatic rings. The number of hydroxylamine groups is 2. The second kappa shape index (κ2) is 9.88. The minimum atomic E-state index is -0.483.